The van der Waals surface area contributed by atoms with Crippen molar-refractivity contribution >= 4 is 92.6 Å². The Labute approximate surface area is 839 Å². The third-order valence-corrected chi connectivity index (χ3v) is 19.5. The second kappa shape index (κ2) is 52.5. The molecule has 0 aliphatic rings. The number of nitrogens with one attached hydrogen (secondary N) is 6. The van der Waals surface area contributed by atoms with Gasteiger partial charge < -0.3 is 60.6 Å². The third kappa shape index (κ3) is 33.1. The van der Waals surface area contributed by atoms with E-state index in [2.05, 4.69) is 133 Å². The van der Waals surface area contributed by atoms with Gasteiger partial charge in [0.25, 0.3) is 35.4 Å². The van der Waals surface area contributed by atoms with Crippen LogP contribution in [0.5, 0.6) is 46.3 Å². The standard InChI is InChI=1S/C19H15N5O.C18H13F3N4O2.C18H17N5O.C17H13FN4O2.C17H14N4O2.C16H13N5O2.CH4/c1-3-14-5-4-6-15(7-14)19(25)23-16-8-17(10-20-9-16)24(2)18-11-21-13-22-12-18;1-11-3-2-4-12(7-11)17(26)25-15-9-22-10-16(24-15)27-13-5-6-14(23-8-13)18(19,20)21;1-13-4-3-5-14(6-13)18(24)22-15-7-16(9-19-8-15)23(2)17-10-20-12-21-11-17;1-11-2-3-16(18)15(4-11)17(23)22-12-5-13(7-19-6-12)24-14-8-20-10-21-9-14;1-12-3-2-4-13(5-12)17(22)21-14-6-15(8-18-7-14)23-16-9-19-11-20-10-16;1-11-4-2-5-13(19-11)16(22)21-14-6-3-7-15(20-14)23-12-8-17-10-18-9-12;/h1,4-13H,2H3,(H,23,25);2-10H,1H3,(H,24,25,26);3-12H,1-2H3,(H,22,24);2-10H,1H3,(H,22,23);2-11H,1H3,(H,21,22);2-10H,1H3,(H,20,21,22);1H4. The molecule has 0 saturated carbocycles. The van der Waals surface area contributed by atoms with Crippen LogP contribution in [0, 0.1) is 52.8 Å². The number of anilines is 10. The minimum absolute atomic E-state index is 0. The predicted molar refractivity (Wildman–Crippen MR) is 542 cm³/mol. The summed E-state index contributed by atoms with van der Waals surface area (Å²) in [6, 6.07) is 52.2. The van der Waals surface area contributed by atoms with E-state index in [0.717, 1.165) is 69.0 Å². The highest BCUT2D eigenvalue weighted by Gasteiger charge is 2.32. The van der Waals surface area contributed by atoms with Crippen LogP contribution in [0.2, 0.25) is 0 Å². The Kier molecular flexibility index (Phi) is 37.7. The molecule has 13 heterocycles. The minimum atomic E-state index is -4.53. The molecule has 0 spiro atoms. The number of rotatable bonds is 24. The Morgan fingerprint density at radius 2 is 0.707 bits per heavy atom. The molecule has 0 radical (unpaired) electrons. The number of ether oxygens (including phenoxy) is 4. The number of carbonyl (C=O) groups is 6. The second-order valence-corrected chi connectivity index (χ2v) is 30.8. The molecule has 18 rings (SSSR count). The molecule has 0 saturated heterocycles. The first kappa shape index (κ1) is 105. The van der Waals surface area contributed by atoms with Crippen LogP contribution in [0.25, 0.3) is 0 Å². The smallest absolute Gasteiger partial charge is 0.433 e. The molecular weight excluding hydrogens is 1890 g/mol. The number of aryl methyl sites for hydroxylation is 5. The summed E-state index contributed by atoms with van der Waals surface area (Å²) in [5.74, 6) is 3.23. The average Bonchev–Trinajstić information content (AvgIpc) is 0.846. The average molecular weight is 1980 g/mol. The molecule has 41 heteroatoms. The highest BCUT2D eigenvalue weighted by atomic mass is 19.4. The van der Waals surface area contributed by atoms with E-state index in [1.54, 1.807) is 184 Å². The Morgan fingerprint density at radius 3 is 1.17 bits per heavy atom. The van der Waals surface area contributed by atoms with Crippen molar-refractivity contribution in [1.82, 2.24) is 94.7 Å². The molecule has 0 unspecified atom stereocenters. The first-order valence-corrected chi connectivity index (χ1v) is 43.6. The predicted octanol–water partition coefficient (Wildman–Crippen LogP) is 20.2. The van der Waals surface area contributed by atoms with Crippen LogP contribution in [0.3, 0.4) is 0 Å². The fourth-order valence-corrected chi connectivity index (χ4v) is 12.6. The van der Waals surface area contributed by atoms with Gasteiger partial charge in [0.15, 0.2) is 23.1 Å². The van der Waals surface area contributed by atoms with E-state index >= 15 is 0 Å². The van der Waals surface area contributed by atoms with Crippen LogP contribution in [-0.2, 0) is 6.18 Å². The lowest BCUT2D eigenvalue weighted by molar-refractivity contribution is -0.141. The number of halogens is 4. The maximum Gasteiger partial charge on any atom is 0.433 e. The lowest BCUT2D eigenvalue weighted by atomic mass is 10.1. The van der Waals surface area contributed by atoms with E-state index in [4.69, 9.17) is 25.4 Å². The summed E-state index contributed by atoms with van der Waals surface area (Å²) >= 11 is 0. The van der Waals surface area contributed by atoms with E-state index in [0.29, 0.717) is 96.7 Å². The fraction of sp³-hybridized carbons (Fsp3) is 0.0849. The molecule has 736 valence electrons. The van der Waals surface area contributed by atoms with Gasteiger partial charge in [-0.05, 0) is 144 Å². The van der Waals surface area contributed by atoms with E-state index in [1.807, 2.05) is 112 Å². The molecule has 6 N–H and O–H groups in total. The number of nitrogens with zero attached hydrogens (tertiary/aromatic N) is 21. The number of hydrogen-bond acceptors (Lipinski definition) is 31. The van der Waals surface area contributed by atoms with Crippen LogP contribution in [0.15, 0.2) is 350 Å². The first-order valence-electron chi connectivity index (χ1n) is 43.6. The second-order valence-electron chi connectivity index (χ2n) is 30.8. The fourth-order valence-electron chi connectivity index (χ4n) is 12.6. The van der Waals surface area contributed by atoms with E-state index in [1.165, 1.54) is 93.3 Å². The Hall–Kier alpha value is -20.5. The molecule has 18 aromatic rings. The summed E-state index contributed by atoms with van der Waals surface area (Å²) in [4.78, 5) is 153. The maximum absolute atomic E-state index is 13.8. The van der Waals surface area contributed by atoms with Crippen LogP contribution >= 0.6 is 0 Å². The molecule has 13 aromatic heterocycles. The normalized spacial score (nSPS) is 10.2. The van der Waals surface area contributed by atoms with Gasteiger partial charge in [0.1, 0.15) is 71.9 Å². The molecule has 0 aliphatic heterocycles. The lowest BCUT2D eigenvalue weighted by Crippen LogP contribution is -2.14. The largest absolute Gasteiger partial charge is 0.452 e. The minimum Gasteiger partial charge on any atom is -0.452 e. The number of amides is 6. The number of hydrogen-bond donors (Lipinski definition) is 6. The molecule has 147 heavy (non-hydrogen) atoms. The zero-order chi connectivity index (χ0) is 103. The van der Waals surface area contributed by atoms with Crippen molar-refractivity contribution in [3.63, 3.8) is 0 Å². The van der Waals surface area contributed by atoms with E-state index in [9.17, 15) is 46.3 Å². The Morgan fingerprint density at radius 1 is 0.320 bits per heavy atom. The summed E-state index contributed by atoms with van der Waals surface area (Å²) < 4.78 is 73.3. The van der Waals surface area contributed by atoms with Gasteiger partial charge in [0.05, 0.1) is 181 Å². The topological polar surface area (TPSA) is 463 Å². The summed E-state index contributed by atoms with van der Waals surface area (Å²) in [5, 5.41) is 16.4. The van der Waals surface area contributed by atoms with Crippen molar-refractivity contribution in [3.8, 4) is 58.6 Å². The monoisotopic (exact) mass is 1980 g/mol. The van der Waals surface area contributed by atoms with Crippen LogP contribution in [-0.4, -0.2) is 144 Å². The van der Waals surface area contributed by atoms with E-state index in [-0.39, 0.29) is 60.0 Å². The quantitative estimate of drug-likeness (QED) is 0.0242. The van der Waals surface area contributed by atoms with Gasteiger partial charge in [-0.2, -0.15) is 23.1 Å². The van der Waals surface area contributed by atoms with Crippen LogP contribution in [0.1, 0.15) is 109 Å². The van der Waals surface area contributed by atoms with Gasteiger partial charge in [0.2, 0.25) is 11.8 Å². The number of benzene rings is 5. The Bertz CT molecular complexity index is 7420. The summed E-state index contributed by atoms with van der Waals surface area (Å²) in [6.45, 7) is 9.37. The van der Waals surface area contributed by atoms with Crippen molar-refractivity contribution in [1.29, 1.82) is 0 Å². The van der Waals surface area contributed by atoms with E-state index < -0.39 is 23.6 Å². The number of terminal acetylenes is 1. The van der Waals surface area contributed by atoms with Gasteiger partial charge in [-0.15, -0.1) is 6.42 Å². The van der Waals surface area contributed by atoms with Gasteiger partial charge in [-0.3, -0.25) is 53.7 Å². The highest BCUT2D eigenvalue weighted by molar-refractivity contribution is 6.07. The van der Waals surface area contributed by atoms with Crippen molar-refractivity contribution < 1.29 is 65.3 Å². The van der Waals surface area contributed by atoms with Crippen molar-refractivity contribution in [2.75, 3.05) is 55.8 Å². The number of carbonyl (C=O) groups excluding carboxylic acids is 6. The lowest BCUT2D eigenvalue weighted by Gasteiger charge is -2.18. The number of alkyl halides is 3. The Balaban J connectivity index is 0.000000157. The van der Waals surface area contributed by atoms with Crippen LogP contribution < -0.4 is 60.6 Å². The van der Waals surface area contributed by atoms with Crippen molar-refractivity contribution in [2.45, 2.75) is 48.2 Å². The van der Waals surface area contributed by atoms with Gasteiger partial charge in [0, 0.05) is 65.8 Å². The van der Waals surface area contributed by atoms with Crippen molar-refractivity contribution in [2.24, 2.45) is 0 Å². The zero-order valence-corrected chi connectivity index (χ0v) is 78.5. The molecule has 0 bridgehead atoms. The summed E-state index contributed by atoms with van der Waals surface area (Å²) in [5.41, 5.74) is 12.0. The van der Waals surface area contributed by atoms with Crippen molar-refractivity contribution in [3.05, 3.63) is 428 Å². The molecule has 5 aromatic carbocycles. The molecule has 6 amide bonds. The molecule has 37 nitrogen and oxygen atoms in total. The van der Waals surface area contributed by atoms with Gasteiger partial charge in [-0.25, -0.2) is 64.2 Å². The SMILES string of the molecule is C.C#Cc1cccc(C(=O)Nc2cncc(N(C)c3cncnc3)c2)c1.Cc1ccc(F)c(C(=O)Nc2cncc(Oc3cncnc3)c2)c1.Cc1cccc(C(=O)Nc2cccc(Oc3cncnc3)n2)n1.Cc1cccc(C(=O)Nc2cncc(N(C)c3cncnc3)c2)c1.Cc1cccc(C(=O)Nc2cncc(Oc3ccc(C(F)(F)F)nc3)n2)c1.Cc1cccc(C(=O)Nc2cncc(Oc3cncnc3)c2)c1. The molecule has 0 atom stereocenters. The summed E-state index contributed by atoms with van der Waals surface area (Å²) in [6.07, 6.45) is 40.1. The number of aromatic nitrogens is 19. The first-order chi connectivity index (χ1) is 70.6. The molecule has 0 aliphatic carbocycles. The van der Waals surface area contributed by atoms with Crippen LogP contribution in [0.4, 0.5) is 74.7 Å². The van der Waals surface area contributed by atoms with Gasteiger partial charge >= 0.3 is 6.18 Å². The van der Waals surface area contributed by atoms with Gasteiger partial charge in [-0.1, -0.05) is 96.3 Å². The third-order valence-electron chi connectivity index (χ3n) is 19.5. The molecule has 0 fully saturated rings. The zero-order valence-electron chi connectivity index (χ0n) is 78.5. The molecular formula is C106H89F4N27O10. The number of pyridine rings is 7. The summed E-state index contributed by atoms with van der Waals surface area (Å²) in [7, 11) is 3.76. The maximum atomic E-state index is 13.8. The highest BCUT2D eigenvalue weighted by Crippen LogP contribution is 2.33.